The van der Waals surface area contributed by atoms with E-state index in [1.54, 1.807) is 6.20 Å². The minimum Gasteiger partial charge on any atom is -0.363 e. The number of benzene rings is 1. The van der Waals surface area contributed by atoms with Crippen molar-refractivity contribution in [1.82, 2.24) is 10.2 Å². The molecule has 0 bridgehead atoms. The third-order valence-electron chi connectivity index (χ3n) is 2.99. The lowest BCUT2D eigenvalue weighted by Gasteiger charge is -2.13. The van der Waals surface area contributed by atoms with Crippen LogP contribution in [0, 0.1) is 0 Å². The smallest absolute Gasteiger partial charge is 0.156 e. The summed E-state index contributed by atoms with van der Waals surface area (Å²) in [5.41, 5.74) is 0.249. The average molecular weight is 199 g/mol. The van der Waals surface area contributed by atoms with Crippen LogP contribution in [0.3, 0.4) is 0 Å². The molecule has 3 nitrogen and oxygen atoms in total. The summed E-state index contributed by atoms with van der Waals surface area (Å²) in [5.74, 6) is 0.910. The van der Waals surface area contributed by atoms with Gasteiger partial charge in [-0.2, -0.15) is 5.10 Å². The Bertz CT molecular complexity index is 498. The van der Waals surface area contributed by atoms with Gasteiger partial charge in [-0.1, -0.05) is 24.3 Å². The van der Waals surface area contributed by atoms with Gasteiger partial charge in [-0.25, -0.2) is 0 Å². The second kappa shape index (κ2) is 2.92. The standard InChI is InChI=1S/C12H13N3/c1-12(6-7-12)14-11-10-5-3-2-4-9(10)8-13-15-11/h2-5,8H,6-7H2,1H3,(H,14,15). The van der Waals surface area contributed by atoms with E-state index in [1.165, 1.54) is 12.8 Å². The second-order valence-corrected chi connectivity index (χ2v) is 4.47. The van der Waals surface area contributed by atoms with Gasteiger partial charge in [0.2, 0.25) is 0 Å². The van der Waals surface area contributed by atoms with Gasteiger partial charge in [0.25, 0.3) is 0 Å². The molecular weight excluding hydrogens is 186 g/mol. The van der Waals surface area contributed by atoms with Crippen molar-refractivity contribution in [2.24, 2.45) is 0 Å². The minimum atomic E-state index is 0.249. The first-order valence-electron chi connectivity index (χ1n) is 5.25. The maximum Gasteiger partial charge on any atom is 0.156 e. The lowest BCUT2D eigenvalue weighted by Crippen LogP contribution is -2.17. The van der Waals surface area contributed by atoms with Crippen LogP contribution in [0.15, 0.2) is 30.5 Å². The molecule has 15 heavy (non-hydrogen) atoms. The third kappa shape index (κ3) is 1.54. The fraction of sp³-hybridized carbons (Fsp3) is 0.333. The molecule has 2 aromatic rings. The Morgan fingerprint density at radius 2 is 2.07 bits per heavy atom. The molecule has 1 saturated carbocycles. The monoisotopic (exact) mass is 199 g/mol. The Morgan fingerprint density at radius 3 is 2.87 bits per heavy atom. The van der Waals surface area contributed by atoms with Crippen molar-refractivity contribution < 1.29 is 0 Å². The van der Waals surface area contributed by atoms with Crippen LogP contribution < -0.4 is 5.32 Å². The molecule has 1 fully saturated rings. The van der Waals surface area contributed by atoms with Crippen LogP contribution in [-0.4, -0.2) is 15.7 Å². The van der Waals surface area contributed by atoms with Gasteiger partial charge in [0.05, 0.1) is 6.20 Å². The van der Waals surface area contributed by atoms with Crippen LogP contribution in [0.2, 0.25) is 0 Å². The molecular formula is C12H13N3. The molecule has 1 aromatic carbocycles. The molecule has 0 atom stereocenters. The van der Waals surface area contributed by atoms with Gasteiger partial charge in [-0.05, 0) is 19.8 Å². The van der Waals surface area contributed by atoms with Crippen LogP contribution in [-0.2, 0) is 0 Å². The van der Waals surface area contributed by atoms with Crippen molar-refractivity contribution in [2.75, 3.05) is 5.32 Å². The van der Waals surface area contributed by atoms with E-state index in [4.69, 9.17) is 0 Å². The first kappa shape index (κ1) is 8.65. The molecule has 3 heteroatoms. The van der Waals surface area contributed by atoms with Crippen molar-refractivity contribution in [1.29, 1.82) is 0 Å². The van der Waals surface area contributed by atoms with Gasteiger partial charge < -0.3 is 5.32 Å². The highest BCUT2D eigenvalue weighted by Gasteiger charge is 2.37. The Hall–Kier alpha value is -1.64. The number of fused-ring (bicyclic) bond motifs is 1. The minimum absolute atomic E-state index is 0.249. The average Bonchev–Trinajstić information content (AvgIpc) is 2.97. The van der Waals surface area contributed by atoms with Crippen LogP contribution in [0.1, 0.15) is 19.8 Å². The van der Waals surface area contributed by atoms with Gasteiger partial charge in [-0.3, -0.25) is 0 Å². The Morgan fingerprint density at radius 1 is 1.27 bits per heavy atom. The predicted molar refractivity (Wildman–Crippen MR) is 60.8 cm³/mol. The number of nitrogens with one attached hydrogen (secondary N) is 1. The highest BCUT2D eigenvalue weighted by Crippen LogP contribution is 2.38. The lowest BCUT2D eigenvalue weighted by atomic mass is 10.2. The summed E-state index contributed by atoms with van der Waals surface area (Å²) < 4.78 is 0. The summed E-state index contributed by atoms with van der Waals surface area (Å²) >= 11 is 0. The molecule has 0 spiro atoms. The zero-order chi connectivity index (χ0) is 10.3. The first-order chi connectivity index (χ1) is 7.27. The topological polar surface area (TPSA) is 37.8 Å². The molecule has 1 aliphatic carbocycles. The van der Waals surface area contributed by atoms with Gasteiger partial charge in [0.1, 0.15) is 0 Å². The van der Waals surface area contributed by atoms with E-state index in [-0.39, 0.29) is 5.54 Å². The number of rotatable bonds is 2. The zero-order valence-corrected chi connectivity index (χ0v) is 8.70. The fourth-order valence-corrected chi connectivity index (χ4v) is 1.72. The highest BCUT2D eigenvalue weighted by atomic mass is 15.2. The summed E-state index contributed by atoms with van der Waals surface area (Å²) in [4.78, 5) is 0. The van der Waals surface area contributed by atoms with Crippen LogP contribution in [0.4, 0.5) is 5.82 Å². The maximum atomic E-state index is 4.17. The molecule has 1 N–H and O–H groups in total. The largest absolute Gasteiger partial charge is 0.363 e. The Balaban J connectivity index is 2.09. The maximum absolute atomic E-state index is 4.17. The molecule has 0 aliphatic heterocycles. The SMILES string of the molecule is CC1(Nc2nncc3ccccc23)CC1. The van der Waals surface area contributed by atoms with Crippen molar-refractivity contribution in [3.05, 3.63) is 30.5 Å². The van der Waals surface area contributed by atoms with E-state index in [9.17, 15) is 0 Å². The quantitative estimate of drug-likeness (QED) is 0.807. The zero-order valence-electron chi connectivity index (χ0n) is 8.70. The van der Waals surface area contributed by atoms with Crippen molar-refractivity contribution >= 4 is 16.6 Å². The van der Waals surface area contributed by atoms with Crippen LogP contribution >= 0.6 is 0 Å². The molecule has 0 radical (unpaired) electrons. The molecule has 3 rings (SSSR count). The predicted octanol–water partition coefficient (Wildman–Crippen LogP) is 2.59. The number of hydrogen-bond donors (Lipinski definition) is 1. The highest BCUT2D eigenvalue weighted by molar-refractivity contribution is 5.91. The van der Waals surface area contributed by atoms with Gasteiger partial charge in [-0.15, -0.1) is 5.10 Å². The Labute approximate surface area is 88.5 Å². The van der Waals surface area contributed by atoms with E-state index in [0.29, 0.717) is 0 Å². The summed E-state index contributed by atoms with van der Waals surface area (Å²) in [5, 5.41) is 13.9. The normalized spacial score (nSPS) is 17.7. The van der Waals surface area contributed by atoms with E-state index >= 15 is 0 Å². The van der Waals surface area contributed by atoms with E-state index in [0.717, 1.165) is 16.6 Å². The number of nitrogens with zero attached hydrogens (tertiary/aromatic N) is 2. The molecule has 1 aliphatic rings. The summed E-state index contributed by atoms with van der Waals surface area (Å²) in [7, 11) is 0. The summed E-state index contributed by atoms with van der Waals surface area (Å²) in [6, 6.07) is 8.19. The lowest BCUT2D eigenvalue weighted by molar-refractivity contribution is 0.815. The van der Waals surface area contributed by atoms with Gasteiger partial charge in [0, 0.05) is 16.3 Å². The van der Waals surface area contributed by atoms with Crippen LogP contribution in [0.5, 0.6) is 0 Å². The third-order valence-corrected chi connectivity index (χ3v) is 2.99. The van der Waals surface area contributed by atoms with E-state index in [2.05, 4.69) is 34.6 Å². The first-order valence-corrected chi connectivity index (χ1v) is 5.25. The van der Waals surface area contributed by atoms with Crippen molar-refractivity contribution in [2.45, 2.75) is 25.3 Å². The summed E-state index contributed by atoms with van der Waals surface area (Å²) in [6.07, 6.45) is 4.24. The number of hydrogen-bond acceptors (Lipinski definition) is 3. The summed E-state index contributed by atoms with van der Waals surface area (Å²) in [6.45, 7) is 2.22. The van der Waals surface area contributed by atoms with Crippen molar-refractivity contribution in [3.8, 4) is 0 Å². The second-order valence-electron chi connectivity index (χ2n) is 4.47. The number of anilines is 1. The van der Waals surface area contributed by atoms with E-state index in [1.807, 2.05) is 12.1 Å². The molecule has 0 unspecified atom stereocenters. The van der Waals surface area contributed by atoms with E-state index < -0.39 is 0 Å². The van der Waals surface area contributed by atoms with Gasteiger partial charge >= 0.3 is 0 Å². The molecule has 76 valence electrons. The fourth-order valence-electron chi connectivity index (χ4n) is 1.72. The number of aromatic nitrogens is 2. The Kier molecular flexibility index (Phi) is 1.69. The van der Waals surface area contributed by atoms with Crippen molar-refractivity contribution in [3.63, 3.8) is 0 Å². The van der Waals surface area contributed by atoms with Gasteiger partial charge in [0.15, 0.2) is 5.82 Å². The molecule has 0 saturated heterocycles. The molecule has 1 aromatic heterocycles. The molecule has 0 amide bonds. The molecule has 1 heterocycles. The van der Waals surface area contributed by atoms with Crippen LogP contribution in [0.25, 0.3) is 10.8 Å².